The molecule has 1 aromatic rings. The van der Waals surface area contributed by atoms with Crippen molar-refractivity contribution in [3.05, 3.63) is 29.8 Å². The normalized spacial score (nSPS) is 12.6. The van der Waals surface area contributed by atoms with E-state index in [0.29, 0.717) is 11.3 Å². The number of anilines is 1. The summed E-state index contributed by atoms with van der Waals surface area (Å²) in [6, 6.07) is 7.04. The number of sulfonamides is 1. The fourth-order valence-corrected chi connectivity index (χ4v) is 3.46. The van der Waals surface area contributed by atoms with Gasteiger partial charge in [-0.25, -0.2) is 13.1 Å². The number of rotatable bonds is 6. The van der Waals surface area contributed by atoms with Gasteiger partial charge in [0.05, 0.1) is 5.75 Å². The number of nitrogen functional groups attached to an aromatic ring is 1. The summed E-state index contributed by atoms with van der Waals surface area (Å²) in [6.07, 6.45) is 1.51. The fraction of sp³-hybridized carbons (Fsp3) is 0.538. The van der Waals surface area contributed by atoms with Crippen molar-refractivity contribution in [2.75, 3.05) is 5.73 Å². The molecule has 0 radical (unpaired) electrons. The minimum Gasteiger partial charge on any atom is -0.398 e. The van der Waals surface area contributed by atoms with Crippen LogP contribution in [0.4, 0.5) is 5.69 Å². The van der Waals surface area contributed by atoms with Crippen molar-refractivity contribution in [3.8, 4) is 0 Å². The topological polar surface area (TPSA) is 72.2 Å². The molecule has 0 unspecified atom stereocenters. The lowest BCUT2D eigenvalue weighted by molar-refractivity contribution is 0.388. The molecule has 0 saturated carbocycles. The first-order valence-electron chi connectivity index (χ1n) is 6.17. The van der Waals surface area contributed by atoms with Gasteiger partial charge in [0.2, 0.25) is 10.0 Å². The molecule has 0 saturated heterocycles. The van der Waals surface area contributed by atoms with Gasteiger partial charge in [-0.3, -0.25) is 0 Å². The molecule has 102 valence electrons. The zero-order valence-electron chi connectivity index (χ0n) is 11.2. The molecular weight excluding hydrogens is 248 g/mol. The smallest absolute Gasteiger partial charge is 0.216 e. The maximum Gasteiger partial charge on any atom is 0.216 e. The van der Waals surface area contributed by atoms with E-state index in [1.807, 2.05) is 20.8 Å². The van der Waals surface area contributed by atoms with Crippen molar-refractivity contribution in [1.29, 1.82) is 0 Å². The van der Waals surface area contributed by atoms with E-state index >= 15 is 0 Å². The lowest BCUT2D eigenvalue weighted by atomic mass is 9.98. The second-order valence-electron chi connectivity index (χ2n) is 4.83. The van der Waals surface area contributed by atoms with E-state index < -0.39 is 10.0 Å². The van der Waals surface area contributed by atoms with E-state index in [9.17, 15) is 8.42 Å². The molecule has 1 rings (SSSR count). The van der Waals surface area contributed by atoms with Crippen molar-refractivity contribution < 1.29 is 8.42 Å². The second-order valence-corrected chi connectivity index (χ2v) is 6.55. The molecule has 0 aromatic heterocycles. The SMILES string of the molecule is CCC(C)(CC)NS(=O)(=O)Cc1ccccc1N. The Bertz CT molecular complexity index is 493. The second kappa shape index (κ2) is 5.71. The first kappa shape index (κ1) is 15.0. The van der Waals surface area contributed by atoms with Crippen molar-refractivity contribution in [1.82, 2.24) is 4.72 Å². The summed E-state index contributed by atoms with van der Waals surface area (Å²) in [5, 5.41) is 0. The van der Waals surface area contributed by atoms with Gasteiger partial charge in [-0.1, -0.05) is 32.0 Å². The molecular formula is C13H22N2O2S. The highest BCUT2D eigenvalue weighted by Crippen LogP contribution is 2.19. The van der Waals surface area contributed by atoms with E-state index in [4.69, 9.17) is 5.73 Å². The Hall–Kier alpha value is -1.07. The van der Waals surface area contributed by atoms with Crippen LogP contribution in [0.1, 0.15) is 39.2 Å². The molecule has 0 amide bonds. The van der Waals surface area contributed by atoms with Crippen LogP contribution in [0.5, 0.6) is 0 Å². The molecule has 0 aliphatic carbocycles. The summed E-state index contributed by atoms with van der Waals surface area (Å²) >= 11 is 0. The average Bonchev–Trinajstić information content (AvgIpc) is 2.31. The number of benzene rings is 1. The van der Waals surface area contributed by atoms with Gasteiger partial charge in [-0.15, -0.1) is 0 Å². The molecule has 0 aliphatic heterocycles. The van der Waals surface area contributed by atoms with Crippen molar-refractivity contribution in [2.24, 2.45) is 0 Å². The van der Waals surface area contributed by atoms with E-state index in [0.717, 1.165) is 12.8 Å². The van der Waals surface area contributed by atoms with Gasteiger partial charge < -0.3 is 5.73 Å². The number of nitrogens with two attached hydrogens (primary N) is 1. The Labute approximate surface area is 110 Å². The molecule has 18 heavy (non-hydrogen) atoms. The van der Waals surface area contributed by atoms with E-state index in [1.54, 1.807) is 24.3 Å². The van der Waals surface area contributed by atoms with Crippen LogP contribution in [0.15, 0.2) is 24.3 Å². The monoisotopic (exact) mass is 270 g/mol. The van der Waals surface area contributed by atoms with Crippen LogP contribution < -0.4 is 10.5 Å². The Morgan fingerprint density at radius 3 is 2.28 bits per heavy atom. The minimum absolute atomic E-state index is 0.0741. The van der Waals surface area contributed by atoms with E-state index in [1.165, 1.54) is 0 Å². The molecule has 0 atom stereocenters. The minimum atomic E-state index is -3.37. The number of para-hydroxylation sites is 1. The molecule has 0 heterocycles. The molecule has 4 nitrogen and oxygen atoms in total. The van der Waals surface area contributed by atoms with Gasteiger partial charge in [0.25, 0.3) is 0 Å². The summed E-state index contributed by atoms with van der Waals surface area (Å²) < 4.78 is 27.0. The maximum absolute atomic E-state index is 12.1. The molecule has 0 aliphatic rings. The zero-order chi connectivity index (χ0) is 13.8. The van der Waals surface area contributed by atoms with E-state index in [2.05, 4.69) is 4.72 Å². The Balaban J connectivity index is 2.87. The lowest BCUT2D eigenvalue weighted by Crippen LogP contribution is -2.45. The third kappa shape index (κ3) is 3.99. The van der Waals surface area contributed by atoms with Gasteiger partial charge >= 0.3 is 0 Å². The molecule has 0 fully saturated rings. The van der Waals surface area contributed by atoms with Crippen LogP contribution in [0.3, 0.4) is 0 Å². The molecule has 0 spiro atoms. The van der Waals surface area contributed by atoms with Crippen LogP contribution in [-0.2, 0) is 15.8 Å². The summed E-state index contributed by atoms with van der Waals surface area (Å²) in [5.74, 6) is -0.0741. The van der Waals surface area contributed by atoms with Gasteiger partial charge in [0.15, 0.2) is 0 Å². The molecule has 1 aromatic carbocycles. The lowest BCUT2D eigenvalue weighted by Gasteiger charge is -2.27. The van der Waals surface area contributed by atoms with Crippen LogP contribution in [0.25, 0.3) is 0 Å². The molecule has 5 heteroatoms. The highest BCUT2D eigenvalue weighted by atomic mass is 32.2. The molecule has 0 bridgehead atoms. The third-order valence-corrected chi connectivity index (χ3v) is 4.86. The third-order valence-electron chi connectivity index (χ3n) is 3.36. The maximum atomic E-state index is 12.1. The highest BCUT2D eigenvalue weighted by Gasteiger charge is 2.26. The quantitative estimate of drug-likeness (QED) is 0.779. The number of hydrogen-bond acceptors (Lipinski definition) is 3. The van der Waals surface area contributed by atoms with Gasteiger partial charge in [-0.2, -0.15) is 0 Å². The van der Waals surface area contributed by atoms with Crippen molar-refractivity contribution >= 4 is 15.7 Å². The first-order valence-corrected chi connectivity index (χ1v) is 7.82. The predicted molar refractivity (Wildman–Crippen MR) is 75.6 cm³/mol. The van der Waals surface area contributed by atoms with Crippen molar-refractivity contribution in [2.45, 2.75) is 44.9 Å². The Morgan fingerprint density at radius 1 is 1.22 bits per heavy atom. The highest BCUT2D eigenvalue weighted by molar-refractivity contribution is 7.88. The predicted octanol–water partition coefficient (Wildman–Crippen LogP) is 2.27. The van der Waals surface area contributed by atoms with Crippen LogP contribution >= 0.6 is 0 Å². The summed E-state index contributed by atoms with van der Waals surface area (Å²) in [6.45, 7) is 5.87. The van der Waals surface area contributed by atoms with Crippen LogP contribution in [0, 0.1) is 0 Å². The van der Waals surface area contributed by atoms with Gasteiger partial charge in [0.1, 0.15) is 0 Å². The standard InChI is InChI=1S/C13H22N2O2S/c1-4-13(3,5-2)15-18(16,17)10-11-8-6-7-9-12(11)14/h6-9,15H,4-5,10,14H2,1-3H3. The zero-order valence-corrected chi connectivity index (χ0v) is 12.0. The Morgan fingerprint density at radius 2 is 1.78 bits per heavy atom. The molecule has 3 N–H and O–H groups in total. The van der Waals surface area contributed by atoms with Crippen molar-refractivity contribution in [3.63, 3.8) is 0 Å². The number of hydrogen-bond donors (Lipinski definition) is 2. The van der Waals surface area contributed by atoms with Gasteiger partial charge in [0, 0.05) is 11.2 Å². The largest absolute Gasteiger partial charge is 0.398 e. The number of nitrogens with one attached hydrogen (secondary N) is 1. The Kier molecular flexibility index (Phi) is 4.76. The first-order chi connectivity index (χ1) is 8.32. The summed E-state index contributed by atoms with van der Waals surface area (Å²) in [7, 11) is -3.37. The summed E-state index contributed by atoms with van der Waals surface area (Å²) in [5.41, 5.74) is 6.53. The summed E-state index contributed by atoms with van der Waals surface area (Å²) in [4.78, 5) is 0. The van der Waals surface area contributed by atoms with Crippen LogP contribution in [-0.4, -0.2) is 14.0 Å². The fourth-order valence-electron chi connectivity index (χ4n) is 1.68. The van der Waals surface area contributed by atoms with Gasteiger partial charge in [-0.05, 0) is 31.4 Å². The van der Waals surface area contributed by atoms with E-state index in [-0.39, 0.29) is 11.3 Å². The van der Waals surface area contributed by atoms with Crippen LogP contribution in [0.2, 0.25) is 0 Å². The average molecular weight is 270 g/mol.